The number of anilines is 2. The number of carbonyl (C=O) groups is 1. The fourth-order valence-corrected chi connectivity index (χ4v) is 3.52. The van der Waals surface area contributed by atoms with E-state index in [1.807, 2.05) is 29.2 Å². The summed E-state index contributed by atoms with van der Waals surface area (Å²) in [6.45, 7) is 11.0. The van der Waals surface area contributed by atoms with Crippen LogP contribution in [0.1, 0.15) is 32.2 Å². The van der Waals surface area contributed by atoms with Crippen molar-refractivity contribution in [1.82, 2.24) is 20.0 Å². The molecule has 0 radical (unpaired) electrons. The number of urea groups is 1. The normalized spacial score (nSPS) is 14.6. The highest BCUT2D eigenvalue weighted by Crippen LogP contribution is 2.24. The number of amides is 2. The zero-order valence-corrected chi connectivity index (χ0v) is 18.4. The SMILES string of the molecule is Cc1nc(-c2ccc(N3CCN(C(=O)Nc4ccc(C(C)(C)C)cc4)CC3)nc2)no1. The number of nitrogens with zero attached hydrogens (tertiary/aromatic N) is 5. The fraction of sp³-hybridized carbons (Fsp3) is 0.391. The summed E-state index contributed by atoms with van der Waals surface area (Å²) >= 11 is 0. The summed E-state index contributed by atoms with van der Waals surface area (Å²) in [5.74, 6) is 1.94. The average molecular weight is 421 g/mol. The first-order chi connectivity index (χ1) is 14.8. The molecule has 8 heteroatoms. The van der Waals surface area contributed by atoms with Gasteiger partial charge in [0.1, 0.15) is 5.82 Å². The van der Waals surface area contributed by atoms with E-state index in [1.165, 1.54) is 5.56 Å². The van der Waals surface area contributed by atoms with E-state index in [1.54, 1.807) is 13.1 Å². The first kappa shape index (κ1) is 20.8. The maximum absolute atomic E-state index is 12.7. The Hall–Kier alpha value is -3.42. The van der Waals surface area contributed by atoms with Crippen molar-refractivity contribution < 1.29 is 9.32 Å². The molecule has 1 aliphatic heterocycles. The first-order valence-corrected chi connectivity index (χ1v) is 10.5. The Bertz CT molecular complexity index is 1030. The quantitative estimate of drug-likeness (QED) is 0.687. The summed E-state index contributed by atoms with van der Waals surface area (Å²) < 4.78 is 5.02. The fourth-order valence-electron chi connectivity index (χ4n) is 3.52. The number of aromatic nitrogens is 3. The molecule has 1 fully saturated rings. The van der Waals surface area contributed by atoms with Crippen LogP contribution in [0.25, 0.3) is 11.4 Å². The predicted octanol–water partition coefficient (Wildman–Crippen LogP) is 4.09. The predicted molar refractivity (Wildman–Crippen MR) is 120 cm³/mol. The molecular formula is C23H28N6O2. The summed E-state index contributed by atoms with van der Waals surface area (Å²) in [6, 6.07) is 11.9. The van der Waals surface area contributed by atoms with Crippen molar-refractivity contribution in [3.05, 3.63) is 54.0 Å². The van der Waals surface area contributed by atoms with E-state index in [9.17, 15) is 4.79 Å². The van der Waals surface area contributed by atoms with Crippen LogP contribution in [0, 0.1) is 6.92 Å². The van der Waals surface area contributed by atoms with Crippen LogP contribution in [-0.4, -0.2) is 52.2 Å². The van der Waals surface area contributed by atoms with Crippen LogP contribution in [0.5, 0.6) is 0 Å². The monoisotopic (exact) mass is 420 g/mol. The van der Waals surface area contributed by atoms with Crippen LogP contribution >= 0.6 is 0 Å². The molecule has 3 aromatic rings. The van der Waals surface area contributed by atoms with Gasteiger partial charge in [0.05, 0.1) is 0 Å². The van der Waals surface area contributed by atoms with Crippen LogP contribution < -0.4 is 10.2 Å². The van der Waals surface area contributed by atoms with E-state index in [2.05, 4.69) is 58.2 Å². The van der Waals surface area contributed by atoms with Gasteiger partial charge in [-0.05, 0) is 35.2 Å². The van der Waals surface area contributed by atoms with E-state index >= 15 is 0 Å². The number of aryl methyl sites for hydroxylation is 1. The zero-order chi connectivity index (χ0) is 22.0. The molecule has 0 saturated carbocycles. The molecule has 2 aromatic heterocycles. The maximum atomic E-state index is 12.7. The average Bonchev–Trinajstić information content (AvgIpc) is 3.20. The van der Waals surface area contributed by atoms with Gasteiger partial charge in [0.15, 0.2) is 0 Å². The number of rotatable bonds is 3. The number of hydrogen-bond donors (Lipinski definition) is 1. The van der Waals surface area contributed by atoms with Crippen molar-refractivity contribution in [2.45, 2.75) is 33.1 Å². The lowest BCUT2D eigenvalue weighted by Gasteiger charge is -2.35. The molecule has 1 aliphatic rings. The second-order valence-electron chi connectivity index (χ2n) is 8.77. The van der Waals surface area contributed by atoms with Crippen molar-refractivity contribution >= 4 is 17.5 Å². The molecule has 1 saturated heterocycles. The number of nitrogens with one attached hydrogen (secondary N) is 1. The van der Waals surface area contributed by atoms with Gasteiger partial charge >= 0.3 is 6.03 Å². The molecule has 8 nitrogen and oxygen atoms in total. The topological polar surface area (TPSA) is 87.4 Å². The molecule has 0 bridgehead atoms. The van der Waals surface area contributed by atoms with Crippen LogP contribution in [0.15, 0.2) is 47.1 Å². The van der Waals surface area contributed by atoms with Gasteiger partial charge in [0, 0.05) is 50.6 Å². The van der Waals surface area contributed by atoms with Crippen LogP contribution in [0.2, 0.25) is 0 Å². The minimum Gasteiger partial charge on any atom is -0.353 e. The summed E-state index contributed by atoms with van der Waals surface area (Å²) in [4.78, 5) is 25.4. The van der Waals surface area contributed by atoms with Gasteiger partial charge in [-0.15, -0.1) is 0 Å². The standard InChI is InChI=1S/C23H28N6O2/c1-16-25-21(27-31-16)17-5-10-20(24-15-17)28-11-13-29(14-12-28)22(30)26-19-8-6-18(7-9-19)23(2,3)4/h5-10,15H,11-14H2,1-4H3,(H,26,30). The third-order valence-electron chi connectivity index (χ3n) is 5.43. The van der Waals surface area contributed by atoms with Crippen molar-refractivity contribution in [3.8, 4) is 11.4 Å². The van der Waals surface area contributed by atoms with E-state index in [4.69, 9.17) is 4.52 Å². The summed E-state index contributed by atoms with van der Waals surface area (Å²) in [6.07, 6.45) is 1.75. The molecule has 1 N–H and O–H groups in total. The van der Waals surface area contributed by atoms with Crippen LogP contribution in [-0.2, 0) is 5.41 Å². The molecule has 0 spiro atoms. The van der Waals surface area contributed by atoms with Crippen molar-refractivity contribution in [1.29, 1.82) is 0 Å². The van der Waals surface area contributed by atoms with Crippen molar-refractivity contribution in [3.63, 3.8) is 0 Å². The van der Waals surface area contributed by atoms with Gasteiger partial charge in [-0.3, -0.25) is 0 Å². The molecule has 0 aliphatic carbocycles. The van der Waals surface area contributed by atoms with Gasteiger partial charge in [-0.25, -0.2) is 9.78 Å². The van der Waals surface area contributed by atoms with Gasteiger partial charge in [0.2, 0.25) is 11.7 Å². The smallest absolute Gasteiger partial charge is 0.321 e. The Morgan fingerprint density at radius 1 is 1.03 bits per heavy atom. The second-order valence-corrected chi connectivity index (χ2v) is 8.77. The molecular weight excluding hydrogens is 392 g/mol. The van der Waals surface area contributed by atoms with Crippen LogP contribution in [0.3, 0.4) is 0 Å². The number of benzene rings is 1. The third-order valence-corrected chi connectivity index (χ3v) is 5.43. The van der Waals surface area contributed by atoms with E-state index < -0.39 is 0 Å². The lowest BCUT2D eigenvalue weighted by molar-refractivity contribution is 0.208. The molecule has 162 valence electrons. The van der Waals surface area contributed by atoms with Crippen molar-refractivity contribution in [2.75, 3.05) is 36.4 Å². The minimum atomic E-state index is -0.0704. The van der Waals surface area contributed by atoms with Gasteiger partial charge in [0.25, 0.3) is 0 Å². The Balaban J connectivity index is 1.31. The Morgan fingerprint density at radius 3 is 2.29 bits per heavy atom. The second kappa shape index (κ2) is 8.37. The van der Waals surface area contributed by atoms with Gasteiger partial charge in [-0.2, -0.15) is 4.98 Å². The Morgan fingerprint density at radius 2 is 1.74 bits per heavy atom. The Kier molecular flexibility index (Phi) is 5.63. The summed E-state index contributed by atoms with van der Waals surface area (Å²) in [5.41, 5.74) is 2.97. The van der Waals surface area contributed by atoms with Crippen molar-refractivity contribution in [2.24, 2.45) is 0 Å². The van der Waals surface area contributed by atoms with Gasteiger partial charge < -0.3 is 19.6 Å². The third kappa shape index (κ3) is 4.84. The zero-order valence-electron chi connectivity index (χ0n) is 18.4. The van der Waals surface area contributed by atoms with E-state index in [0.29, 0.717) is 24.8 Å². The highest BCUT2D eigenvalue weighted by molar-refractivity contribution is 5.89. The molecule has 1 aromatic carbocycles. The maximum Gasteiger partial charge on any atom is 0.321 e. The largest absolute Gasteiger partial charge is 0.353 e. The molecule has 0 unspecified atom stereocenters. The van der Waals surface area contributed by atoms with Crippen LogP contribution in [0.4, 0.5) is 16.3 Å². The molecule has 2 amide bonds. The lowest BCUT2D eigenvalue weighted by Crippen LogP contribution is -2.50. The molecule has 4 rings (SSSR count). The van der Waals surface area contributed by atoms with E-state index in [0.717, 1.165) is 30.2 Å². The Labute approximate surface area is 182 Å². The highest BCUT2D eigenvalue weighted by atomic mass is 16.5. The molecule has 0 atom stereocenters. The number of piperazine rings is 1. The number of pyridine rings is 1. The lowest BCUT2D eigenvalue weighted by atomic mass is 9.87. The molecule has 31 heavy (non-hydrogen) atoms. The molecule has 3 heterocycles. The summed E-state index contributed by atoms with van der Waals surface area (Å²) in [7, 11) is 0. The number of carbonyl (C=O) groups excluding carboxylic acids is 1. The first-order valence-electron chi connectivity index (χ1n) is 10.5. The van der Waals surface area contributed by atoms with Gasteiger partial charge in [-0.1, -0.05) is 38.1 Å². The number of hydrogen-bond acceptors (Lipinski definition) is 6. The van der Waals surface area contributed by atoms with E-state index in [-0.39, 0.29) is 11.4 Å². The minimum absolute atomic E-state index is 0.0704. The highest BCUT2D eigenvalue weighted by Gasteiger charge is 2.22. The summed E-state index contributed by atoms with van der Waals surface area (Å²) in [5, 5.41) is 6.92.